The van der Waals surface area contributed by atoms with E-state index in [1.165, 1.54) is 0 Å². The number of ether oxygens (including phenoxy) is 3. The Kier molecular flexibility index (Phi) is 3.47. The number of methoxy groups -OCH3 is 3. The second-order valence-corrected chi connectivity index (χ2v) is 4.96. The first kappa shape index (κ1) is 13.8. The van der Waals surface area contributed by atoms with E-state index in [1.807, 2.05) is 18.2 Å². The van der Waals surface area contributed by atoms with Crippen LogP contribution >= 0.6 is 11.6 Å². The first-order valence-electron chi connectivity index (χ1n) is 6.36. The summed E-state index contributed by atoms with van der Waals surface area (Å²) in [6.45, 7) is 0. The van der Waals surface area contributed by atoms with Crippen LogP contribution in [0.25, 0.3) is 21.7 Å². The SMILES string of the molecule is COc1cc(Cl)c2c(c1)ncc1cc(OC)c(OC)cc12. The van der Waals surface area contributed by atoms with Gasteiger partial charge in [-0.3, -0.25) is 4.98 Å². The Morgan fingerprint density at radius 2 is 1.62 bits per heavy atom. The molecule has 1 heterocycles. The van der Waals surface area contributed by atoms with Gasteiger partial charge in [0.1, 0.15) is 5.75 Å². The fraction of sp³-hybridized carbons (Fsp3) is 0.188. The van der Waals surface area contributed by atoms with Crippen molar-refractivity contribution in [2.24, 2.45) is 0 Å². The molecule has 0 bridgehead atoms. The Labute approximate surface area is 127 Å². The maximum Gasteiger partial charge on any atom is 0.161 e. The number of benzene rings is 2. The fourth-order valence-corrected chi connectivity index (χ4v) is 2.72. The number of rotatable bonds is 3. The molecule has 0 aliphatic heterocycles. The summed E-state index contributed by atoms with van der Waals surface area (Å²) in [6, 6.07) is 7.44. The van der Waals surface area contributed by atoms with Crippen LogP contribution in [0.1, 0.15) is 0 Å². The molecule has 0 unspecified atom stereocenters. The van der Waals surface area contributed by atoms with Gasteiger partial charge in [-0.1, -0.05) is 11.6 Å². The number of pyridine rings is 1. The first-order valence-corrected chi connectivity index (χ1v) is 6.73. The van der Waals surface area contributed by atoms with Gasteiger partial charge in [-0.2, -0.15) is 0 Å². The minimum Gasteiger partial charge on any atom is -0.497 e. The lowest BCUT2D eigenvalue weighted by atomic mass is 10.1. The Morgan fingerprint density at radius 1 is 0.905 bits per heavy atom. The number of hydrogen-bond donors (Lipinski definition) is 0. The Bertz CT molecular complexity index is 833. The summed E-state index contributed by atoms with van der Waals surface area (Å²) in [4.78, 5) is 4.45. The van der Waals surface area contributed by atoms with Crippen LogP contribution in [0.3, 0.4) is 0 Å². The lowest BCUT2D eigenvalue weighted by molar-refractivity contribution is 0.356. The Hall–Kier alpha value is -2.20. The zero-order valence-electron chi connectivity index (χ0n) is 11.9. The van der Waals surface area contributed by atoms with E-state index in [4.69, 9.17) is 25.8 Å². The van der Waals surface area contributed by atoms with Gasteiger partial charge < -0.3 is 14.2 Å². The van der Waals surface area contributed by atoms with E-state index >= 15 is 0 Å². The van der Waals surface area contributed by atoms with Crippen LogP contribution in [0.15, 0.2) is 30.5 Å². The molecule has 3 rings (SSSR count). The lowest BCUT2D eigenvalue weighted by Crippen LogP contribution is -1.92. The number of halogens is 1. The van der Waals surface area contributed by atoms with Gasteiger partial charge in [0.15, 0.2) is 11.5 Å². The molecule has 0 saturated carbocycles. The van der Waals surface area contributed by atoms with E-state index < -0.39 is 0 Å². The molecule has 5 heteroatoms. The summed E-state index contributed by atoms with van der Waals surface area (Å²) in [5, 5.41) is 3.36. The summed E-state index contributed by atoms with van der Waals surface area (Å²) in [7, 11) is 4.82. The van der Waals surface area contributed by atoms with Crippen molar-refractivity contribution in [2.75, 3.05) is 21.3 Å². The van der Waals surface area contributed by atoms with Gasteiger partial charge in [0.25, 0.3) is 0 Å². The molecule has 0 amide bonds. The van der Waals surface area contributed by atoms with Crippen LogP contribution < -0.4 is 14.2 Å². The van der Waals surface area contributed by atoms with E-state index in [0.29, 0.717) is 22.3 Å². The molecular weight excluding hydrogens is 290 g/mol. The molecule has 21 heavy (non-hydrogen) atoms. The normalized spacial score (nSPS) is 10.9. The summed E-state index contributed by atoms with van der Waals surface area (Å²) in [6.07, 6.45) is 1.79. The zero-order valence-corrected chi connectivity index (χ0v) is 12.7. The third-order valence-corrected chi connectivity index (χ3v) is 3.74. The van der Waals surface area contributed by atoms with Gasteiger partial charge in [-0.05, 0) is 23.6 Å². The zero-order chi connectivity index (χ0) is 15.0. The van der Waals surface area contributed by atoms with Crippen molar-refractivity contribution in [3.8, 4) is 17.2 Å². The molecule has 1 aromatic heterocycles. The van der Waals surface area contributed by atoms with Crippen LogP contribution in [0, 0.1) is 0 Å². The summed E-state index contributed by atoms with van der Waals surface area (Å²) in [5.74, 6) is 2.00. The standard InChI is InChI=1S/C16H14ClNO3/c1-19-10-5-12(17)16-11-7-15(21-3)14(20-2)4-9(11)8-18-13(16)6-10/h4-8H,1-3H3. The molecule has 0 N–H and O–H groups in total. The van der Waals surface area contributed by atoms with E-state index in [-0.39, 0.29) is 0 Å². The molecule has 0 aliphatic rings. The van der Waals surface area contributed by atoms with Crippen molar-refractivity contribution in [3.63, 3.8) is 0 Å². The molecule has 108 valence electrons. The predicted octanol–water partition coefficient (Wildman–Crippen LogP) is 4.07. The summed E-state index contributed by atoms with van der Waals surface area (Å²) >= 11 is 6.40. The van der Waals surface area contributed by atoms with Crippen molar-refractivity contribution < 1.29 is 14.2 Å². The highest BCUT2D eigenvalue weighted by atomic mass is 35.5. The summed E-state index contributed by atoms with van der Waals surface area (Å²) < 4.78 is 15.9. The van der Waals surface area contributed by atoms with Gasteiger partial charge in [-0.25, -0.2) is 0 Å². The van der Waals surface area contributed by atoms with Gasteiger partial charge in [-0.15, -0.1) is 0 Å². The smallest absolute Gasteiger partial charge is 0.161 e. The highest BCUT2D eigenvalue weighted by Gasteiger charge is 2.12. The Balaban J connectivity index is 2.42. The van der Waals surface area contributed by atoms with Crippen molar-refractivity contribution >= 4 is 33.3 Å². The fourth-order valence-electron chi connectivity index (χ4n) is 2.41. The number of fused-ring (bicyclic) bond motifs is 3. The van der Waals surface area contributed by atoms with Gasteiger partial charge >= 0.3 is 0 Å². The van der Waals surface area contributed by atoms with E-state index in [1.54, 1.807) is 33.6 Å². The molecule has 0 fully saturated rings. The minimum atomic E-state index is 0.592. The molecule has 2 aromatic carbocycles. The molecule has 0 radical (unpaired) electrons. The monoisotopic (exact) mass is 303 g/mol. The minimum absolute atomic E-state index is 0.592. The molecule has 0 spiro atoms. The van der Waals surface area contributed by atoms with Crippen LogP contribution in [0.5, 0.6) is 17.2 Å². The molecule has 4 nitrogen and oxygen atoms in total. The second-order valence-electron chi connectivity index (χ2n) is 4.56. The average Bonchev–Trinajstić information content (AvgIpc) is 2.52. The van der Waals surface area contributed by atoms with E-state index in [2.05, 4.69) is 4.98 Å². The second kappa shape index (κ2) is 5.30. The largest absolute Gasteiger partial charge is 0.497 e. The highest BCUT2D eigenvalue weighted by molar-refractivity contribution is 6.37. The van der Waals surface area contributed by atoms with Crippen molar-refractivity contribution in [1.29, 1.82) is 0 Å². The maximum absolute atomic E-state index is 6.40. The van der Waals surface area contributed by atoms with Gasteiger partial charge in [0.05, 0.1) is 31.9 Å². The summed E-state index contributed by atoms with van der Waals surface area (Å²) in [5.41, 5.74) is 0.777. The quantitative estimate of drug-likeness (QED) is 0.684. The molecule has 3 aromatic rings. The molecular formula is C16H14ClNO3. The third kappa shape index (κ3) is 2.21. The maximum atomic E-state index is 6.40. The number of aromatic nitrogens is 1. The van der Waals surface area contributed by atoms with Crippen LogP contribution in [0.2, 0.25) is 5.02 Å². The topological polar surface area (TPSA) is 40.6 Å². The third-order valence-electron chi connectivity index (χ3n) is 3.45. The highest BCUT2D eigenvalue weighted by Crippen LogP contribution is 2.38. The van der Waals surface area contributed by atoms with Crippen LogP contribution in [0.4, 0.5) is 0 Å². The average molecular weight is 304 g/mol. The molecule has 0 saturated heterocycles. The number of hydrogen-bond acceptors (Lipinski definition) is 4. The van der Waals surface area contributed by atoms with Gasteiger partial charge in [0, 0.05) is 23.0 Å². The van der Waals surface area contributed by atoms with Crippen molar-refractivity contribution in [3.05, 3.63) is 35.5 Å². The van der Waals surface area contributed by atoms with E-state index in [0.717, 1.165) is 21.7 Å². The predicted molar refractivity (Wildman–Crippen MR) is 83.9 cm³/mol. The van der Waals surface area contributed by atoms with E-state index in [9.17, 15) is 0 Å². The van der Waals surface area contributed by atoms with Crippen molar-refractivity contribution in [2.45, 2.75) is 0 Å². The van der Waals surface area contributed by atoms with Crippen LogP contribution in [-0.4, -0.2) is 26.3 Å². The first-order chi connectivity index (χ1) is 10.2. The lowest BCUT2D eigenvalue weighted by Gasteiger charge is -2.12. The molecule has 0 aliphatic carbocycles. The molecule has 0 atom stereocenters. The van der Waals surface area contributed by atoms with Crippen LogP contribution in [-0.2, 0) is 0 Å². The number of nitrogens with zero attached hydrogens (tertiary/aromatic N) is 1. The van der Waals surface area contributed by atoms with Gasteiger partial charge in [0.2, 0.25) is 0 Å². The Morgan fingerprint density at radius 3 is 2.29 bits per heavy atom. The van der Waals surface area contributed by atoms with Crippen molar-refractivity contribution in [1.82, 2.24) is 4.98 Å².